The van der Waals surface area contributed by atoms with E-state index in [0.717, 1.165) is 4.90 Å². The van der Waals surface area contributed by atoms with Gasteiger partial charge in [0.15, 0.2) is 0 Å². The van der Waals surface area contributed by atoms with Crippen LogP contribution in [0.15, 0.2) is 24.3 Å². The Morgan fingerprint density at radius 1 is 1.27 bits per heavy atom. The van der Waals surface area contributed by atoms with Crippen molar-refractivity contribution in [2.45, 2.75) is 0 Å². The highest BCUT2D eigenvalue weighted by molar-refractivity contribution is 5.94. The molecule has 0 aromatic carbocycles. The standard InChI is InChI=1S/C6H4.C4H7N3O2/c1-2-6-4-3-5(1)6;5-3(8)7-2-1-6-4(7)9/h1-4H;1-2H2,(H2,5,8)(H,6,9). The molecule has 0 bridgehead atoms. The first-order valence-electron chi connectivity index (χ1n) is 4.64. The van der Waals surface area contributed by atoms with Gasteiger partial charge in [-0.05, 0) is 11.1 Å². The molecule has 0 saturated carbocycles. The molecule has 4 amide bonds. The Morgan fingerprint density at radius 2 is 1.80 bits per heavy atom. The average molecular weight is 205 g/mol. The minimum absolute atomic E-state index is 0.383. The zero-order chi connectivity index (χ0) is 10.8. The molecule has 3 aliphatic rings. The molecule has 2 aliphatic carbocycles. The molecule has 1 heterocycles. The van der Waals surface area contributed by atoms with E-state index >= 15 is 0 Å². The Labute approximate surface area is 86.9 Å². The molecular weight excluding hydrogens is 194 g/mol. The van der Waals surface area contributed by atoms with Gasteiger partial charge in [-0.25, -0.2) is 14.5 Å². The van der Waals surface area contributed by atoms with Gasteiger partial charge in [0.25, 0.3) is 0 Å². The molecule has 15 heavy (non-hydrogen) atoms. The predicted octanol–water partition coefficient (Wildman–Crippen LogP) is 0.757. The molecule has 0 aromatic rings. The highest BCUT2D eigenvalue weighted by Crippen LogP contribution is 2.29. The minimum atomic E-state index is -0.690. The normalized spacial score (nSPS) is 15.2. The third-order valence-corrected chi connectivity index (χ3v) is 2.34. The number of primary amides is 1. The Morgan fingerprint density at radius 3 is 1.93 bits per heavy atom. The van der Waals surface area contributed by atoms with Crippen LogP contribution in [0.25, 0.3) is 11.1 Å². The SMILES string of the molecule is NC(=O)N1CCNC1=O.c1cc2ccc1-2. The number of hydrogen-bond acceptors (Lipinski definition) is 2. The highest BCUT2D eigenvalue weighted by Gasteiger charge is 2.23. The number of nitrogens with zero attached hydrogens (tertiary/aromatic N) is 1. The van der Waals surface area contributed by atoms with Gasteiger partial charge in [0.2, 0.25) is 0 Å². The monoisotopic (exact) mass is 205 g/mol. The van der Waals surface area contributed by atoms with Crippen LogP contribution in [0.2, 0.25) is 0 Å². The second-order valence-corrected chi connectivity index (χ2v) is 3.30. The summed E-state index contributed by atoms with van der Waals surface area (Å²) in [7, 11) is 0. The van der Waals surface area contributed by atoms with Crippen molar-refractivity contribution < 1.29 is 9.59 Å². The lowest BCUT2D eigenvalue weighted by Crippen LogP contribution is -2.38. The maximum Gasteiger partial charge on any atom is 0.325 e. The molecule has 5 heteroatoms. The molecule has 3 rings (SSSR count). The molecule has 3 N–H and O–H groups in total. The lowest BCUT2D eigenvalue weighted by molar-refractivity contribution is 0.205. The van der Waals surface area contributed by atoms with Crippen LogP contribution in [-0.2, 0) is 0 Å². The number of amides is 4. The van der Waals surface area contributed by atoms with E-state index in [1.54, 1.807) is 0 Å². The molecule has 0 spiro atoms. The second-order valence-electron chi connectivity index (χ2n) is 3.30. The second kappa shape index (κ2) is 3.61. The number of nitrogens with one attached hydrogen (secondary N) is 1. The van der Waals surface area contributed by atoms with Crippen LogP contribution >= 0.6 is 0 Å². The van der Waals surface area contributed by atoms with Crippen molar-refractivity contribution in [2.75, 3.05) is 13.1 Å². The van der Waals surface area contributed by atoms with Gasteiger partial charge >= 0.3 is 12.1 Å². The first-order chi connectivity index (χ1) is 7.18. The number of rotatable bonds is 0. The van der Waals surface area contributed by atoms with Crippen molar-refractivity contribution >= 4 is 12.1 Å². The van der Waals surface area contributed by atoms with Crippen LogP contribution in [0.4, 0.5) is 9.59 Å². The van der Waals surface area contributed by atoms with Gasteiger partial charge < -0.3 is 11.1 Å². The van der Waals surface area contributed by atoms with E-state index in [2.05, 4.69) is 29.6 Å². The molecule has 78 valence electrons. The van der Waals surface area contributed by atoms with Gasteiger partial charge in [0.05, 0.1) is 0 Å². The molecule has 0 radical (unpaired) electrons. The fraction of sp³-hybridized carbons (Fsp3) is 0.200. The summed E-state index contributed by atoms with van der Waals surface area (Å²) in [5.74, 6) is 0. The highest BCUT2D eigenvalue weighted by atomic mass is 16.2. The first kappa shape index (κ1) is 9.51. The van der Waals surface area contributed by atoms with E-state index in [1.807, 2.05) is 0 Å². The van der Waals surface area contributed by atoms with Gasteiger partial charge in [0.1, 0.15) is 0 Å². The van der Waals surface area contributed by atoms with Crippen LogP contribution in [0.1, 0.15) is 0 Å². The van der Waals surface area contributed by atoms with E-state index in [4.69, 9.17) is 5.73 Å². The van der Waals surface area contributed by atoms with E-state index in [9.17, 15) is 9.59 Å². The number of imide groups is 1. The fourth-order valence-electron chi connectivity index (χ4n) is 1.34. The number of nitrogens with two attached hydrogens (primary N) is 1. The molecular formula is C10H11N3O2. The summed E-state index contributed by atoms with van der Waals surface area (Å²) in [6, 6.07) is 7.39. The largest absolute Gasteiger partial charge is 0.351 e. The number of benzene rings is 1. The maximum absolute atomic E-state index is 10.5. The van der Waals surface area contributed by atoms with Gasteiger partial charge in [-0.1, -0.05) is 24.3 Å². The van der Waals surface area contributed by atoms with Crippen molar-refractivity contribution in [3.63, 3.8) is 0 Å². The number of hydrogen-bond donors (Lipinski definition) is 2. The first-order valence-corrected chi connectivity index (χ1v) is 4.64. The van der Waals surface area contributed by atoms with E-state index < -0.39 is 12.1 Å². The minimum Gasteiger partial charge on any atom is -0.351 e. The van der Waals surface area contributed by atoms with E-state index in [-0.39, 0.29) is 0 Å². The molecule has 0 atom stereocenters. The molecule has 1 fully saturated rings. The van der Waals surface area contributed by atoms with Crippen molar-refractivity contribution in [3.8, 4) is 11.1 Å². The smallest absolute Gasteiger partial charge is 0.325 e. The van der Waals surface area contributed by atoms with Gasteiger partial charge in [-0.3, -0.25) is 0 Å². The number of carbonyl (C=O) groups excluding carboxylic acids is 2. The molecule has 0 unspecified atom stereocenters. The molecule has 5 nitrogen and oxygen atoms in total. The predicted molar refractivity (Wildman–Crippen MR) is 55.1 cm³/mol. The van der Waals surface area contributed by atoms with Gasteiger partial charge in [-0.15, -0.1) is 0 Å². The summed E-state index contributed by atoms with van der Waals surface area (Å²) in [6.07, 6.45) is 0. The van der Waals surface area contributed by atoms with Crippen LogP contribution in [0.5, 0.6) is 0 Å². The molecule has 0 aromatic heterocycles. The number of fused-ring (bicyclic) bond motifs is 1. The Balaban J connectivity index is 0.000000121. The quantitative estimate of drug-likeness (QED) is 0.666. The zero-order valence-electron chi connectivity index (χ0n) is 8.06. The number of carbonyl (C=O) groups is 2. The van der Waals surface area contributed by atoms with Crippen molar-refractivity contribution in [1.82, 2.24) is 10.2 Å². The average Bonchev–Trinajstić information content (AvgIpc) is 2.59. The van der Waals surface area contributed by atoms with E-state index in [0.29, 0.717) is 13.1 Å². The van der Waals surface area contributed by atoms with Crippen molar-refractivity contribution in [2.24, 2.45) is 5.73 Å². The lowest BCUT2D eigenvalue weighted by Gasteiger charge is -2.10. The fourth-order valence-corrected chi connectivity index (χ4v) is 1.34. The zero-order valence-corrected chi connectivity index (χ0v) is 8.06. The summed E-state index contributed by atoms with van der Waals surface area (Å²) in [5, 5.41) is 2.44. The van der Waals surface area contributed by atoms with Crippen LogP contribution in [-0.4, -0.2) is 30.1 Å². The Kier molecular flexibility index (Phi) is 2.29. The number of urea groups is 2. The molecule has 1 aliphatic heterocycles. The van der Waals surface area contributed by atoms with Crippen LogP contribution < -0.4 is 11.1 Å². The lowest BCUT2D eigenvalue weighted by atomic mass is 9.95. The van der Waals surface area contributed by atoms with E-state index in [1.165, 1.54) is 11.1 Å². The third kappa shape index (κ3) is 1.76. The van der Waals surface area contributed by atoms with Crippen molar-refractivity contribution in [1.29, 1.82) is 0 Å². The summed E-state index contributed by atoms with van der Waals surface area (Å²) in [5.41, 5.74) is 7.67. The Hall–Kier alpha value is -2.04. The topological polar surface area (TPSA) is 75.4 Å². The van der Waals surface area contributed by atoms with Crippen LogP contribution in [0.3, 0.4) is 0 Å². The third-order valence-electron chi connectivity index (χ3n) is 2.34. The van der Waals surface area contributed by atoms with Gasteiger partial charge in [0, 0.05) is 13.1 Å². The van der Waals surface area contributed by atoms with Crippen molar-refractivity contribution in [3.05, 3.63) is 24.3 Å². The summed E-state index contributed by atoms with van der Waals surface area (Å²) in [6.45, 7) is 0.885. The molecule has 1 saturated heterocycles. The summed E-state index contributed by atoms with van der Waals surface area (Å²) < 4.78 is 0. The van der Waals surface area contributed by atoms with Gasteiger partial charge in [-0.2, -0.15) is 0 Å². The maximum atomic E-state index is 10.5. The Bertz CT molecular complexity index is 379. The summed E-state index contributed by atoms with van der Waals surface area (Å²) in [4.78, 5) is 21.8. The summed E-state index contributed by atoms with van der Waals surface area (Å²) >= 11 is 0. The van der Waals surface area contributed by atoms with Crippen LogP contribution in [0, 0.1) is 0 Å².